The van der Waals surface area contributed by atoms with Crippen molar-refractivity contribution < 1.29 is 18.0 Å². The van der Waals surface area contributed by atoms with Crippen molar-refractivity contribution in [3.05, 3.63) is 71.3 Å². The number of hydrogen-bond acceptors (Lipinski definition) is 2. The Morgan fingerprint density at radius 1 is 1.05 bits per heavy atom. The van der Waals surface area contributed by atoms with Crippen molar-refractivity contribution in [2.75, 3.05) is 0 Å². The summed E-state index contributed by atoms with van der Waals surface area (Å²) in [6, 6.07) is 14.0. The third-order valence-electron chi connectivity index (χ3n) is 2.87. The number of alkyl halides is 3. The normalized spacial score (nSPS) is 11.6. The minimum atomic E-state index is -4.46. The van der Waals surface area contributed by atoms with E-state index in [4.69, 9.17) is 0 Å². The molecule has 0 radical (unpaired) electrons. The van der Waals surface area contributed by atoms with Gasteiger partial charge in [-0.25, -0.2) is 5.43 Å². The van der Waals surface area contributed by atoms with Crippen LogP contribution in [0, 0.1) is 0 Å². The number of benzene rings is 2. The topological polar surface area (TPSA) is 41.5 Å². The number of halogens is 3. The highest BCUT2D eigenvalue weighted by Crippen LogP contribution is 2.30. The first-order valence-electron chi connectivity index (χ1n) is 6.49. The molecular formula is C16H13F3N2O. The molecule has 22 heavy (non-hydrogen) atoms. The second kappa shape index (κ2) is 6.89. The fraction of sp³-hybridized carbons (Fsp3) is 0.125. The van der Waals surface area contributed by atoms with Gasteiger partial charge < -0.3 is 0 Å². The Morgan fingerprint density at radius 2 is 1.68 bits per heavy atom. The molecule has 0 heterocycles. The predicted molar refractivity (Wildman–Crippen MR) is 77.3 cm³/mol. The lowest BCUT2D eigenvalue weighted by atomic mass is 10.1. The van der Waals surface area contributed by atoms with E-state index in [2.05, 4.69) is 10.5 Å². The highest BCUT2D eigenvalue weighted by molar-refractivity contribution is 5.84. The lowest BCUT2D eigenvalue weighted by Crippen LogP contribution is -2.20. The highest BCUT2D eigenvalue weighted by atomic mass is 19.4. The van der Waals surface area contributed by atoms with Crippen molar-refractivity contribution in [3.8, 4) is 0 Å². The van der Waals surface area contributed by atoms with Crippen LogP contribution in [0.15, 0.2) is 59.7 Å². The second-order valence-corrected chi connectivity index (χ2v) is 4.54. The van der Waals surface area contributed by atoms with Gasteiger partial charge in [0.05, 0.1) is 18.2 Å². The number of rotatable bonds is 4. The van der Waals surface area contributed by atoms with Gasteiger partial charge in [-0.1, -0.05) is 48.5 Å². The molecule has 2 aromatic carbocycles. The number of hydrogen-bond donors (Lipinski definition) is 1. The van der Waals surface area contributed by atoms with E-state index >= 15 is 0 Å². The molecule has 0 saturated carbocycles. The van der Waals surface area contributed by atoms with Crippen molar-refractivity contribution in [3.63, 3.8) is 0 Å². The van der Waals surface area contributed by atoms with Gasteiger partial charge in [0.2, 0.25) is 5.91 Å². The van der Waals surface area contributed by atoms with Gasteiger partial charge in [-0.05, 0) is 11.6 Å². The summed E-state index contributed by atoms with van der Waals surface area (Å²) in [5.74, 6) is -0.396. The highest BCUT2D eigenvalue weighted by Gasteiger charge is 2.32. The smallest absolute Gasteiger partial charge is 0.273 e. The molecule has 114 valence electrons. The van der Waals surface area contributed by atoms with Gasteiger partial charge in [-0.3, -0.25) is 4.79 Å². The summed E-state index contributed by atoms with van der Waals surface area (Å²) in [4.78, 5) is 11.6. The first kappa shape index (κ1) is 15.8. The molecule has 0 saturated heterocycles. The third kappa shape index (κ3) is 4.44. The summed E-state index contributed by atoms with van der Waals surface area (Å²) >= 11 is 0. The largest absolute Gasteiger partial charge is 0.417 e. The minimum absolute atomic E-state index is 0.102. The molecular weight excluding hydrogens is 293 g/mol. The molecule has 0 atom stereocenters. The zero-order valence-electron chi connectivity index (χ0n) is 11.5. The van der Waals surface area contributed by atoms with Crippen molar-refractivity contribution in [1.82, 2.24) is 5.43 Å². The van der Waals surface area contributed by atoms with E-state index in [1.165, 1.54) is 18.2 Å². The summed E-state index contributed by atoms with van der Waals surface area (Å²) in [7, 11) is 0. The van der Waals surface area contributed by atoms with E-state index in [1.807, 2.05) is 6.07 Å². The van der Waals surface area contributed by atoms with E-state index in [-0.39, 0.29) is 12.0 Å². The average molecular weight is 306 g/mol. The molecule has 0 fully saturated rings. The van der Waals surface area contributed by atoms with Gasteiger partial charge in [0.25, 0.3) is 0 Å². The molecule has 2 aromatic rings. The molecule has 0 bridgehead atoms. The summed E-state index contributed by atoms with van der Waals surface area (Å²) in [5, 5.41) is 3.59. The lowest BCUT2D eigenvalue weighted by Gasteiger charge is -2.09. The fourth-order valence-electron chi connectivity index (χ4n) is 1.86. The van der Waals surface area contributed by atoms with Gasteiger partial charge in [-0.15, -0.1) is 0 Å². The lowest BCUT2D eigenvalue weighted by molar-refractivity contribution is -0.137. The van der Waals surface area contributed by atoms with E-state index in [0.29, 0.717) is 0 Å². The van der Waals surface area contributed by atoms with Gasteiger partial charge in [0.1, 0.15) is 0 Å². The molecule has 3 nitrogen and oxygen atoms in total. The zero-order valence-corrected chi connectivity index (χ0v) is 11.5. The molecule has 0 unspecified atom stereocenters. The summed E-state index contributed by atoms with van der Waals surface area (Å²) in [5.41, 5.74) is 2.12. The van der Waals surface area contributed by atoms with Crippen LogP contribution in [0.1, 0.15) is 16.7 Å². The van der Waals surface area contributed by atoms with Gasteiger partial charge in [0.15, 0.2) is 0 Å². The maximum atomic E-state index is 12.8. The zero-order chi connectivity index (χ0) is 16.0. The molecule has 1 amide bonds. The number of carbonyl (C=O) groups is 1. The number of nitrogens with zero attached hydrogens (tertiary/aromatic N) is 1. The van der Waals surface area contributed by atoms with Crippen molar-refractivity contribution >= 4 is 12.1 Å². The van der Waals surface area contributed by atoms with Crippen LogP contribution in [-0.4, -0.2) is 12.1 Å². The van der Waals surface area contributed by atoms with Gasteiger partial charge >= 0.3 is 6.18 Å². The Labute approximate surface area is 125 Å². The Hall–Kier alpha value is -2.63. The Kier molecular flexibility index (Phi) is 4.93. The average Bonchev–Trinajstić information content (AvgIpc) is 2.48. The second-order valence-electron chi connectivity index (χ2n) is 4.54. The SMILES string of the molecule is O=C(Cc1ccccc1)N/N=C\c1ccccc1C(F)(F)F. The molecule has 0 aliphatic heterocycles. The van der Waals surface area contributed by atoms with Crippen molar-refractivity contribution in [2.24, 2.45) is 5.10 Å². The van der Waals surface area contributed by atoms with Crippen LogP contribution < -0.4 is 5.43 Å². The standard InChI is InChI=1S/C16H13F3N2O/c17-16(18,19)14-9-5-4-8-13(14)11-20-21-15(22)10-12-6-2-1-3-7-12/h1-9,11H,10H2,(H,21,22)/b20-11-. The van der Waals surface area contributed by atoms with E-state index in [9.17, 15) is 18.0 Å². The quantitative estimate of drug-likeness (QED) is 0.682. The van der Waals surface area contributed by atoms with Crippen LogP contribution in [0.3, 0.4) is 0 Å². The molecule has 2 rings (SSSR count). The van der Waals surface area contributed by atoms with Crippen LogP contribution >= 0.6 is 0 Å². The van der Waals surface area contributed by atoms with Crippen LogP contribution in [0.25, 0.3) is 0 Å². The van der Waals surface area contributed by atoms with Crippen LogP contribution in [0.2, 0.25) is 0 Å². The van der Waals surface area contributed by atoms with E-state index in [0.717, 1.165) is 17.8 Å². The van der Waals surface area contributed by atoms with Crippen LogP contribution in [0.5, 0.6) is 0 Å². The number of amides is 1. The van der Waals surface area contributed by atoms with Crippen molar-refractivity contribution in [1.29, 1.82) is 0 Å². The Morgan fingerprint density at radius 3 is 2.36 bits per heavy atom. The van der Waals surface area contributed by atoms with E-state index in [1.54, 1.807) is 24.3 Å². The summed E-state index contributed by atoms with van der Waals surface area (Å²) < 4.78 is 38.3. The first-order valence-corrected chi connectivity index (χ1v) is 6.49. The summed E-state index contributed by atoms with van der Waals surface area (Å²) in [6.07, 6.45) is -3.36. The molecule has 0 spiro atoms. The Balaban J connectivity index is 2.00. The maximum Gasteiger partial charge on any atom is 0.417 e. The van der Waals surface area contributed by atoms with Gasteiger partial charge in [-0.2, -0.15) is 18.3 Å². The Bertz CT molecular complexity index is 667. The predicted octanol–water partition coefficient (Wildman–Crippen LogP) is 3.40. The first-order chi connectivity index (χ1) is 10.5. The minimum Gasteiger partial charge on any atom is -0.273 e. The molecule has 6 heteroatoms. The number of hydrazone groups is 1. The molecule has 0 aromatic heterocycles. The van der Waals surface area contributed by atoms with Crippen molar-refractivity contribution in [2.45, 2.75) is 12.6 Å². The van der Waals surface area contributed by atoms with Crippen LogP contribution in [0.4, 0.5) is 13.2 Å². The monoisotopic (exact) mass is 306 g/mol. The molecule has 1 N–H and O–H groups in total. The number of carbonyl (C=O) groups excluding carboxylic acids is 1. The summed E-state index contributed by atoms with van der Waals surface area (Å²) in [6.45, 7) is 0. The third-order valence-corrected chi connectivity index (χ3v) is 2.87. The molecule has 0 aliphatic rings. The van der Waals surface area contributed by atoms with Crippen LogP contribution in [-0.2, 0) is 17.4 Å². The van der Waals surface area contributed by atoms with Gasteiger partial charge in [0, 0.05) is 5.56 Å². The fourth-order valence-corrected chi connectivity index (χ4v) is 1.86. The van der Waals surface area contributed by atoms with E-state index < -0.39 is 17.6 Å². The maximum absolute atomic E-state index is 12.8. The number of nitrogens with one attached hydrogen (secondary N) is 1. The molecule has 0 aliphatic carbocycles.